The maximum Gasteiger partial charge on any atom is 0.282 e. The van der Waals surface area contributed by atoms with Crippen molar-refractivity contribution in [2.45, 2.75) is 0 Å². The molecular weight excluding hydrogens is 668 g/mol. The minimum Gasteiger partial charge on any atom is -0.493 e. The molecule has 17 heteroatoms. The number of hydrogen-bond donors (Lipinski definition) is 4. The molecule has 5 aromatic heterocycles. The third kappa shape index (κ3) is 7.95. The summed E-state index contributed by atoms with van der Waals surface area (Å²) in [5.74, 6) is 1.16. The van der Waals surface area contributed by atoms with E-state index < -0.39 is 11.8 Å². The van der Waals surface area contributed by atoms with Crippen LogP contribution in [0.5, 0.6) is 11.5 Å². The normalized spacial score (nSPS) is 10.9. The highest BCUT2D eigenvalue weighted by atomic mass is 16.5. The first-order valence-electron chi connectivity index (χ1n) is 15.9. The van der Waals surface area contributed by atoms with Crippen molar-refractivity contribution < 1.29 is 23.8 Å². The van der Waals surface area contributed by atoms with Crippen molar-refractivity contribution in [3.63, 3.8) is 0 Å². The molecule has 0 saturated heterocycles. The zero-order valence-corrected chi connectivity index (χ0v) is 27.6. The Morgan fingerprint density at radius 2 is 1.42 bits per heavy atom. The van der Waals surface area contributed by atoms with E-state index in [1.54, 1.807) is 47.5 Å². The number of rotatable bonds is 14. The van der Waals surface area contributed by atoms with Crippen LogP contribution in [-0.2, 0) is 9.53 Å². The van der Waals surface area contributed by atoms with Gasteiger partial charge in [0.15, 0.2) is 23.1 Å². The molecule has 0 spiro atoms. The minimum atomic E-state index is -0.532. The second-order valence-corrected chi connectivity index (χ2v) is 10.9. The zero-order valence-electron chi connectivity index (χ0n) is 27.6. The van der Waals surface area contributed by atoms with Crippen LogP contribution in [0.4, 0.5) is 11.9 Å². The Kier molecular flexibility index (Phi) is 9.92. The molecule has 0 unspecified atom stereocenters. The van der Waals surface area contributed by atoms with Crippen LogP contribution < -0.4 is 20.1 Å². The Morgan fingerprint density at radius 1 is 0.750 bits per heavy atom. The lowest BCUT2D eigenvalue weighted by atomic mass is 10.0. The molecule has 7 rings (SSSR count). The van der Waals surface area contributed by atoms with E-state index in [-0.39, 0.29) is 43.2 Å². The number of pyridine rings is 2. The lowest BCUT2D eigenvalue weighted by Crippen LogP contribution is -2.20. The number of methoxy groups -OCH3 is 1. The van der Waals surface area contributed by atoms with Gasteiger partial charge in [0.2, 0.25) is 11.9 Å². The van der Waals surface area contributed by atoms with Crippen molar-refractivity contribution in [3.8, 4) is 51.3 Å². The molecule has 17 nitrogen and oxygen atoms in total. The highest BCUT2D eigenvalue weighted by molar-refractivity contribution is 6.03. The van der Waals surface area contributed by atoms with E-state index in [1.165, 1.54) is 7.11 Å². The van der Waals surface area contributed by atoms with E-state index in [2.05, 4.69) is 56.1 Å². The van der Waals surface area contributed by atoms with Crippen LogP contribution in [0.3, 0.4) is 0 Å². The first-order valence-corrected chi connectivity index (χ1v) is 15.9. The fourth-order valence-electron chi connectivity index (χ4n) is 4.98. The summed E-state index contributed by atoms with van der Waals surface area (Å²) in [6, 6.07) is 26.0. The Morgan fingerprint density at radius 3 is 2.10 bits per heavy atom. The van der Waals surface area contributed by atoms with Gasteiger partial charge in [-0.25, -0.2) is 4.68 Å². The highest BCUT2D eigenvalue weighted by Crippen LogP contribution is 2.27. The van der Waals surface area contributed by atoms with E-state index in [0.717, 1.165) is 11.1 Å². The van der Waals surface area contributed by atoms with E-state index in [4.69, 9.17) is 14.2 Å². The molecule has 0 bridgehead atoms. The van der Waals surface area contributed by atoms with Crippen LogP contribution in [0.25, 0.3) is 39.9 Å². The smallest absolute Gasteiger partial charge is 0.282 e. The summed E-state index contributed by atoms with van der Waals surface area (Å²) >= 11 is 0. The van der Waals surface area contributed by atoms with Gasteiger partial charge in [-0.1, -0.05) is 36.4 Å². The van der Waals surface area contributed by atoms with Gasteiger partial charge in [0, 0.05) is 12.4 Å². The van der Waals surface area contributed by atoms with Gasteiger partial charge in [0.25, 0.3) is 11.8 Å². The van der Waals surface area contributed by atoms with Crippen molar-refractivity contribution in [1.82, 2.24) is 50.1 Å². The molecule has 0 aliphatic heterocycles. The average Bonchev–Trinajstić information content (AvgIpc) is 3.96. The number of carbonyl (C=O) groups excluding carboxylic acids is 2. The summed E-state index contributed by atoms with van der Waals surface area (Å²) < 4.78 is 18.4. The number of amides is 2. The van der Waals surface area contributed by atoms with Gasteiger partial charge in [0.05, 0.1) is 25.6 Å². The molecule has 0 aliphatic rings. The quantitative estimate of drug-likeness (QED) is 0.118. The highest BCUT2D eigenvalue weighted by Gasteiger charge is 2.20. The molecule has 2 aromatic carbocycles. The first-order chi connectivity index (χ1) is 25.5. The molecule has 52 heavy (non-hydrogen) atoms. The molecule has 5 heterocycles. The SMILES string of the molecule is COc1cn(-c2cccc(-c3cccc(OCCOCC(=O)Nc4nnc(-c5ccccn5)[nH]4)c3)c2)nc1C(=O)Nc1nnc(-c2ccccn2)[nH]1. The standard InChI is InChI=1S/C35H30N12O5/c1-50-28-20-47(46-30(28)33(49)41-35-40-32(43-45-35)27-13-3-5-15-37-27)24-10-6-8-22(18-24)23-9-7-11-25(19-23)52-17-16-51-21-29(48)38-34-39-31(42-44-34)26-12-2-4-14-36-26/h2-15,18-20H,16-17,21H2,1H3,(H2,38,39,42,44,48)(H2,40,41,43,45,49). The number of ether oxygens (including phenoxy) is 3. The second kappa shape index (κ2) is 15.5. The Labute approximate surface area is 295 Å². The van der Waals surface area contributed by atoms with Crippen molar-refractivity contribution in [2.75, 3.05) is 37.6 Å². The van der Waals surface area contributed by atoms with Crippen molar-refractivity contribution in [3.05, 3.63) is 109 Å². The minimum absolute atomic E-state index is 0.0616. The molecule has 0 saturated carbocycles. The molecule has 260 valence electrons. The van der Waals surface area contributed by atoms with Crippen molar-refractivity contribution in [1.29, 1.82) is 0 Å². The van der Waals surface area contributed by atoms with Crippen LogP contribution in [0.1, 0.15) is 10.5 Å². The van der Waals surface area contributed by atoms with Gasteiger partial charge in [0.1, 0.15) is 30.4 Å². The summed E-state index contributed by atoms with van der Waals surface area (Å²) in [5, 5.41) is 25.7. The summed E-state index contributed by atoms with van der Waals surface area (Å²) in [7, 11) is 1.46. The van der Waals surface area contributed by atoms with Gasteiger partial charge in [-0.15, -0.1) is 20.4 Å². The molecule has 0 aliphatic carbocycles. The van der Waals surface area contributed by atoms with E-state index in [0.29, 0.717) is 34.5 Å². The summed E-state index contributed by atoms with van der Waals surface area (Å²) in [6.07, 6.45) is 4.90. The number of benzene rings is 2. The first kappa shape index (κ1) is 33.2. The van der Waals surface area contributed by atoms with Crippen LogP contribution >= 0.6 is 0 Å². The van der Waals surface area contributed by atoms with Gasteiger partial charge >= 0.3 is 0 Å². The van der Waals surface area contributed by atoms with Crippen LogP contribution in [0.15, 0.2) is 104 Å². The maximum absolute atomic E-state index is 13.2. The fraction of sp³-hybridized carbons (Fsp3) is 0.114. The van der Waals surface area contributed by atoms with E-state index in [9.17, 15) is 9.59 Å². The Bertz CT molecular complexity index is 2290. The van der Waals surface area contributed by atoms with Gasteiger partial charge < -0.3 is 24.2 Å². The summed E-state index contributed by atoms with van der Waals surface area (Å²) in [5.41, 5.74) is 3.73. The lowest BCUT2D eigenvalue weighted by Gasteiger charge is -2.10. The summed E-state index contributed by atoms with van der Waals surface area (Å²) in [6.45, 7) is 0.214. The molecule has 0 atom stereocenters. The molecule has 7 aromatic rings. The lowest BCUT2D eigenvalue weighted by molar-refractivity contribution is -0.120. The number of anilines is 2. The van der Waals surface area contributed by atoms with E-state index >= 15 is 0 Å². The number of nitrogens with zero attached hydrogens (tertiary/aromatic N) is 8. The second-order valence-electron chi connectivity index (χ2n) is 10.9. The number of aromatic amines is 2. The van der Waals surface area contributed by atoms with Crippen molar-refractivity contribution in [2.24, 2.45) is 0 Å². The predicted octanol–water partition coefficient (Wildman–Crippen LogP) is 4.19. The number of aromatic nitrogens is 10. The maximum atomic E-state index is 13.2. The third-order valence-electron chi connectivity index (χ3n) is 7.40. The topological polar surface area (TPSA) is 213 Å². The number of hydrogen-bond acceptors (Lipinski definition) is 12. The molecular formula is C35H30N12O5. The molecule has 0 radical (unpaired) electrons. The molecule has 4 N–H and O–H groups in total. The zero-order chi connectivity index (χ0) is 35.7. The van der Waals surface area contributed by atoms with Crippen molar-refractivity contribution >= 4 is 23.7 Å². The predicted molar refractivity (Wildman–Crippen MR) is 188 cm³/mol. The van der Waals surface area contributed by atoms with Gasteiger partial charge in [-0.05, 0) is 59.7 Å². The van der Waals surface area contributed by atoms with Gasteiger partial charge in [-0.3, -0.25) is 30.2 Å². The van der Waals surface area contributed by atoms with E-state index in [1.807, 2.05) is 60.7 Å². The van der Waals surface area contributed by atoms with Crippen LogP contribution in [-0.4, -0.2) is 88.9 Å². The fourth-order valence-corrected chi connectivity index (χ4v) is 4.98. The van der Waals surface area contributed by atoms with Crippen LogP contribution in [0.2, 0.25) is 0 Å². The monoisotopic (exact) mass is 698 g/mol. The summed E-state index contributed by atoms with van der Waals surface area (Å²) in [4.78, 5) is 39.7. The van der Waals surface area contributed by atoms with Crippen LogP contribution in [0, 0.1) is 0 Å². The Hall–Kier alpha value is -7.27. The number of nitrogens with one attached hydrogen (secondary N) is 4. The number of carbonyl (C=O) groups is 2. The number of H-pyrrole nitrogens is 2. The largest absolute Gasteiger partial charge is 0.493 e. The average molecular weight is 699 g/mol. The molecule has 2 amide bonds. The molecule has 0 fully saturated rings. The third-order valence-corrected chi connectivity index (χ3v) is 7.40. The van der Waals surface area contributed by atoms with Gasteiger partial charge in [-0.2, -0.15) is 5.10 Å². The Balaban J connectivity index is 0.927.